The summed E-state index contributed by atoms with van der Waals surface area (Å²) in [6.45, 7) is 3.44. The van der Waals surface area contributed by atoms with E-state index in [1.165, 1.54) is 0 Å². The first-order valence-corrected chi connectivity index (χ1v) is 7.26. The number of esters is 1. The molecule has 0 spiro atoms. The summed E-state index contributed by atoms with van der Waals surface area (Å²) in [5, 5.41) is 11.6. The molecule has 0 unspecified atom stereocenters. The molecule has 0 saturated carbocycles. The van der Waals surface area contributed by atoms with Crippen LogP contribution in [0.1, 0.15) is 27.7 Å². The molecule has 5 nitrogen and oxygen atoms in total. The summed E-state index contributed by atoms with van der Waals surface area (Å²) in [5.74, 6) is -1.48. The zero-order valence-corrected chi connectivity index (χ0v) is 13.5. The number of nitrogens with zero attached hydrogens (tertiary/aromatic N) is 1. The summed E-state index contributed by atoms with van der Waals surface area (Å²) in [6.07, 6.45) is 0. The van der Waals surface area contributed by atoms with Gasteiger partial charge in [-0.2, -0.15) is 5.26 Å². The van der Waals surface area contributed by atoms with Crippen LogP contribution in [0.25, 0.3) is 0 Å². The molecule has 0 aliphatic rings. The van der Waals surface area contributed by atoms with Crippen LogP contribution in [0.4, 0.5) is 5.00 Å². The summed E-state index contributed by atoms with van der Waals surface area (Å²) in [4.78, 5) is 23.5. The monoisotopic (exact) mass is 354 g/mol. The Hall–Kier alpha value is -1.00. The van der Waals surface area contributed by atoms with Gasteiger partial charge < -0.3 is 10.1 Å². The summed E-state index contributed by atoms with van der Waals surface area (Å²) in [6, 6.07) is 1.90. The Morgan fingerprint density at radius 2 is 2.05 bits per heavy atom. The number of ether oxygens (including phenoxy) is 1. The van der Waals surface area contributed by atoms with E-state index in [0.29, 0.717) is 5.56 Å². The van der Waals surface area contributed by atoms with Crippen LogP contribution in [0.2, 0.25) is 0 Å². The van der Waals surface area contributed by atoms with E-state index in [4.69, 9.17) is 44.8 Å². The van der Waals surface area contributed by atoms with Gasteiger partial charge in [-0.1, -0.05) is 34.8 Å². The predicted molar refractivity (Wildman–Crippen MR) is 78.6 cm³/mol. The second kappa shape index (κ2) is 6.64. The minimum Gasteiger partial charge on any atom is -0.462 e. The van der Waals surface area contributed by atoms with Crippen LogP contribution in [-0.4, -0.2) is 22.3 Å². The third-order valence-corrected chi connectivity index (χ3v) is 3.91. The van der Waals surface area contributed by atoms with E-state index in [1.54, 1.807) is 13.8 Å². The van der Waals surface area contributed by atoms with Gasteiger partial charge in [0.1, 0.15) is 15.9 Å². The lowest BCUT2D eigenvalue weighted by Gasteiger charge is -2.09. The smallest absolute Gasteiger partial charge is 0.348 e. The zero-order valence-electron chi connectivity index (χ0n) is 10.4. The Morgan fingerprint density at radius 3 is 2.50 bits per heavy atom. The molecule has 1 aromatic heterocycles. The highest BCUT2D eigenvalue weighted by atomic mass is 35.6. The molecule has 20 heavy (non-hydrogen) atoms. The second-order valence-corrected chi connectivity index (χ2v) is 6.85. The fourth-order valence-corrected chi connectivity index (χ4v) is 2.49. The molecule has 0 aromatic carbocycles. The molecule has 0 radical (unpaired) electrons. The van der Waals surface area contributed by atoms with E-state index in [0.717, 1.165) is 11.3 Å². The largest absolute Gasteiger partial charge is 0.462 e. The molecule has 0 aliphatic carbocycles. The van der Waals surface area contributed by atoms with Crippen molar-refractivity contribution in [2.24, 2.45) is 0 Å². The van der Waals surface area contributed by atoms with Gasteiger partial charge in [-0.15, -0.1) is 11.3 Å². The van der Waals surface area contributed by atoms with Crippen LogP contribution in [0.3, 0.4) is 0 Å². The first-order chi connectivity index (χ1) is 9.22. The number of anilines is 1. The standard InChI is InChI=1S/C11H9Cl3N2O3S/c1-3-19-9(17)7-5(2)6(4-15)8(20-7)16-10(18)11(12,13)14/h3H2,1-2H3,(H,16,18). The van der Waals surface area contributed by atoms with Crippen LogP contribution < -0.4 is 5.32 Å². The molecule has 9 heteroatoms. The minimum absolute atomic E-state index is 0.139. The highest BCUT2D eigenvalue weighted by Crippen LogP contribution is 2.35. The van der Waals surface area contributed by atoms with Gasteiger partial charge in [0.25, 0.3) is 9.70 Å². The molecule has 0 aliphatic heterocycles. The first kappa shape index (κ1) is 17.1. The number of thiophene rings is 1. The van der Waals surface area contributed by atoms with Crippen LogP contribution >= 0.6 is 46.1 Å². The van der Waals surface area contributed by atoms with Crippen molar-refractivity contribution < 1.29 is 14.3 Å². The molecule has 1 heterocycles. The number of nitriles is 1. The predicted octanol–water partition coefficient (Wildman–Crippen LogP) is 3.41. The van der Waals surface area contributed by atoms with Gasteiger partial charge in [0.2, 0.25) is 0 Å². The number of alkyl halides is 3. The van der Waals surface area contributed by atoms with Crippen molar-refractivity contribution in [2.45, 2.75) is 17.6 Å². The Balaban J connectivity index is 3.16. The summed E-state index contributed by atoms with van der Waals surface area (Å²) in [5.41, 5.74) is 0.552. The Morgan fingerprint density at radius 1 is 1.45 bits per heavy atom. The SMILES string of the molecule is CCOC(=O)c1sc(NC(=O)C(Cl)(Cl)Cl)c(C#N)c1C. The summed E-state index contributed by atoms with van der Waals surface area (Å²) >= 11 is 17.2. The second-order valence-electron chi connectivity index (χ2n) is 3.54. The number of carbonyl (C=O) groups excluding carboxylic acids is 2. The maximum absolute atomic E-state index is 11.7. The van der Waals surface area contributed by atoms with Crippen molar-refractivity contribution in [2.75, 3.05) is 11.9 Å². The van der Waals surface area contributed by atoms with Gasteiger partial charge in [0, 0.05) is 0 Å². The van der Waals surface area contributed by atoms with Gasteiger partial charge in [-0.05, 0) is 19.4 Å². The Kier molecular flexibility index (Phi) is 5.66. The Labute approximate surface area is 134 Å². The van der Waals surface area contributed by atoms with Crippen molar-refractivity contribution in [3.8, 4) is 6.07 Å². The Bertz CT molecular complexity index is 587. The van der Waals surface area contributed by atoms with Gasteiger partial charge in [-0.3, -0.25) is 4.79 Å². The van der Waals surface area contributed by atoms with Gasteiger partial charge >= 0.3 is 5.97 Å². The van der Waals surface area contributed by atoms with E-state index in [-0.39, 0.29) is 22.0 Å². The number of nitrogens with one attached hydrogen (secondary N) is 1. The summed E-state index contributed by atoms with van der Waals surface area (Å²) in [7, 11) is 0. The maximum atomic E-state index is 11.7. The van der Waals surface area contributed by atoms with E-state index >= 15 is 0 Å². The fraction of sp³-hybridized carbons (Fsp3) is 0.364. The molecular formula is C11H9Cl3N2O3S. The van der Waals surface area contributed by atoms with E-state index in [9.17, 15) is 9.59 Å². The summed E-state index contributed by atoms with van der Waals surface area (Å²) < 4.78 is 2.71. The van der Waals surface area contributed by atoms with Crippen molar-refractivity contribution in [3.05, 3.63) is 16.0 Å². The number of hydrogen-bond donors (Lipinski definition) is 1. The molecule has 0 atom stereocenters. The third-order valence-electron chi connectivity index (χ3n) is 2.20. The average molecular weight is 356 g/mol. The van der Waals surface area contributed by atoms with Crippen LogP contribution in [0.5, 0.6) is 0 Å². The van der Waals surface area contributed by atoms with Crippen molar-refractivity contribution in [3.63, 3.8) is 0 Å². The number of carbonyl (C=O) groups is 2. The molecule has 1 amide bonds. The number of hydrogen-bond acceptors (Lipinski definition) is 5. The van der Waals surface area contributed by atoms with Crippen molar-refractivity contribution in [1.82, 2.24) is 0 Å². The normalized spacial score (nSPS) is 10.8. The van der Waals surface area contributed by atoms with Crippen molar-refractivity contribution >= 4 is 63.0 Å². The molecule has 0 bridgehead atoms. The molecular weight excluding hydrogens is 347 g/mol. The number of rotatable bonds is 3. The molecule has 0 saturated heterocycles. The molecule has 0 fully saturated rings. The first-order valence-electron chi connectivity index (χ1n) is 5.31. The van der Waals surface area contributed by atoms with Crippen LogP contribution in [-0.2, 0) is 9.53 Å². The topological polar surface area (TPSA) is 79.2 Å². The quantitative estimate of drug-likeness (QED) is 0.665. The highest BCUT2D eigenvalue weighted by molar-refractivity contribution is 7.18. The molecule has 1 N–H and O–H groups in total. The maximum Gasteiger partial charge on any atom is 0.348 e. The zero-order chi connectivity index (χ0) is 15.5. The lowest BCUT2D eigenvalue weighted by Crippen LogP contribution is -2.26. The fourth-order valence-electron chi connectivity index (χ4n) is 1.30. The minimum atomic E-state index is -2.16. The number of halogens is 3. The van der Waals surface area contributed by atoms with Crippen LogP contribution in [0.15, 0.2) is 0 Å². The van der Waals surface area contributed by atoms with Gasteiger partial charge in [0.15, 0.2) is 0 Å². The van der Waals surface area contributed by atoms with Crippen LogP contribution in [0, 0.1) is 18.3 Å². The lowest BCUT2D eigenvalue weighted by atomic mass is 10.2. The van der Waals surface area contributed by atoms with Gasteiger partial charge in [-0.25, -0.2) is 4.79 Å². The third kappa shape index (κ3) is 3.76. The number of amides is 1. The van der Waals surface area contributed by atoms with Crippen molar-refractivity contribution in [1.29, 1.82) is 5.26 Å². The molecule has 1 rings (SSSR count). The van der Waals surface area contributed by atoms with E-state index in [1.807, 2.05) is 6.07 Å². The van der Waals surface area contributed by atoms with E-state index < -0.39 is 15.7 Å². The average Bonchev–Trinajstić information content (AvgIpc) is 2.64. The van der Waals surface area contributed by atoms with E-state index in [2.05, 4.69) is 5.32 Å². The molecule has 1 aromatic rings. The molecule has 108 valence electrons. The lowest BCUT2D eigenvalue weighted by molar-refractivity contribution is -0.115. The van der Waals surface area contributed by atoms with Gasteiger partial charge in [0.05, 0.1) is 12.2 Å². The highest BCUT2D eigenvalue weighted by Gasteiger charge is 2.32.